The molecule has 3 aliphatic heterocycles. The number of nitrogens with one attached hydrogen (secondary N) is 1. The van der Waals surface area contributed by atoms with E-state index in [1.54, 1.807) is 6.92 Å². The fourth-order valence-electron chi connectivity index (χ4n) is 4.12. The lowest BCUT2D eigenvalue weighted by Crippen LogP contribution is -2.54. The van der Waals surface area contributed by atoms with Gasteiger partial charge in [0.25, 0.3) is 5.24 Å². The predicted octanol–water partition coefficient (Wildman–Crippen LogP) is 1.79. The zero-order valence-electron chi connectivity index (χ0n) is 16.4. The summed E-state index contributed by atoms with van der Waals surface area (Å²) in [5, 5.41) is 13.8. The molecule has 3 rings (SSSR count). The molecule has 2 bridgehead atoms. The quantitative estimate of drug-likeness (QED) is 0.630. The molecule has 0 radical (unpaired) electrons. The molecule has 158 valence electrons. The molecule has 3 heterocycles. The summed E-state index contributed by atoms with van der Waals surface area (Å²) in [7, 11) is 0. The Bertz CT molecular complexity index is 603. The highest BCUT2D eigenvalue weighted by Crippen LogP contribution is 2.36. The van der Waals surface area contributed by atoms with Gasteiger partial charge in [0.2, 0.25) is 11.7 Å². The predicted molar refractivity (Wildman–Crippen MR) is 104 cm³/mol. The third kappa shape index (κ3) is 5.84. The van der Waals surface area contributed by atoms with Crippen molar-refractivity contribution >= 4 is 28.9 Å². The third-order valence-electron chi connectivity index (χ3n) is 5.59. The maximum atomic E-state index is 12.3. The molecule has 9 heteroatoms. The average molecular weight is 415 g/mol. The topological polar surface area (TPSA) is 105 Å². The van der Waals surface area contributed by atoms with Crippen molar-refractivity contribution in [2.45, 2.75) is 82.3 Å². The van der Waals surface area contributed by atoms with Crippen LogP contribution in [0, 0.1) is 0 Å². The van der Waals surface area contributed by atoms with Crippen LogP contribution in [0.5, 0.6) is 0 Å². The molecule has 0 aromatic heterocycles. The van der Waals surface area contributed by atoms with E-state index in [0.29, 0.717) is 31.7 Å². The van der Waals surface area contributed by atoms with Crippen LogP contribution < -0.4 is 5.32 Å². The molecule has 2 N–H and O–H groups in total. The minimum atomic E-state index is -1.56. The third-order valence-corrected chi connectivity index (χ3v) is 6.50. The Morgan fingerprint density at radius 2 is 1.96 bits per heavy atom. The molecule has 0 unspecified atom stereocenters. The second-order valence-corrected chi connectivity index (χ2v) is 8.93. The van der Waals surface area contributed by atoms with Crippen LogP contribution in [-0.4, -0.2) is 70.0 Å². The van der Waals surface area contributed by atoms with E-state index in [0.717, 1.165) is 19.3 Å². The number of hydrogen-bond acceptors (Lipinski definition) is 7. The van der Waals surface area contributed by atoms with Gasteiger partial charge < -0.3 is 24.8 Å². The number of hydrogen-bond donors (Lipinski definition) is 2. The van der Waals surface area contributed by atoms with Gasteiger partial charge in [0.05, 0.1) is 18.2 Å². The average Bonchev–Trinajstić information content (AvgIpc) is 3.05. The lowest BCUT2D eigenvalue weighted by molar-refractivity contribution is -0.263. The van der Waals surface area contributed by atoms with Crippen molar-refractivity contribution in [3.63, 3.8) is 0 Å². The molecular weight excluding hydrogens is 384 g/mol. The number of fused-ring (bicyclic) bond motifs is 2. The first kappa shape index (κ1) is 21.4. The molecule has 3 saturated heterocycles. The molecule has 0 aromatic carbocycles. The van der Waals surface area contributed by atoms with E-state index in [2.05, 4.69) is 5.32 Å². The van der Waals surface area contributed by atoms with Gasteiger partial charge in [-0.3, -0.25) is 14.4 Å². The second-order valence-electron chi connectivity index (χ2n) is 7.93. The zero-order chi connectivity index (χ0) is 20.1. The number of aliphatic hydroxyl groups is 1. The minimum absolute atomic E-state index is 0.0486. The van der Waals surface area contributed by atoms with E-state index >= 15 is 0 Å². The van der Waals surface area contributed by atoms with Crippen LogP contribution in [0.15, 0.2) is 0 Å². The SMILES string of the molecule is CC(=O)N1CCCCC(=O)O[C@]2(O)C[C@@H](CCCC1)O[C@@H]([C@@H]1CSC(=O)N1)C2. The fourth-order valence-corrected chi connectivity index (χ4v) is 4.99. The summed E-state index contributed by atoms with van der Waals surface area (Å²) >= 11 is 1.20. The monoisotopic (exact) mass is 414 g/mol. The Morgan fingerprint density at radius 3 is 2.64 bits per heavy atom. The van der Waals surface area contributed by atoms with E-state index in [-0.39, 0.29) is 42.6 Å². The van der Waals surface area contributed by atoms with Crippen LogP contribution in [0.3, 0.4) is 0 Å². The van der Waals surface area contributed by atoms with Crippen LogP contribution in [-0.2, 0) is 19.1 Å². The summed E-state index contributed by atoms with van der Waals surface area (Å²) < 4.78 is 11.6. The van der Waals surface area contributed by atoms with Crippen molar-refractivity contribution in [2.24, 2.45) is 0 Å². The number of rotatable bonds is 1. The van der Waals surface area contributed by atoms with E-state index in [1.165, 1.54) is 11.8 Å². The standard InChI is InChI=1S/C19H30N2O6S/c1-13(22)21-8-4-2-6-14-10-19(25,27-17(23)7-3-5-9-21)11-16(26-14)15-12-28-18(24)20-15/h14-16,25H,2-12H2,1H3,(H,20,24)/t14-,15+,16-,19-/m1/s1. The Labute approximate surface area is 169 Å². The van der Waals surface area contributed by atoms with Crippen LogP contribution in [0.2, 0.25) is 0 Å². The molecule has 0 aromatic rings. The summed E-state index contributed by atoms with van der Waals surface area (Å²) in [6, 6.07) is -0.197. The first-order valence-corrected chi connectivity index (χ1v) is 11.1. The number of carbonyl (C=O) groups excluding carboxylic acids is 3. The number of nitrogens with zero attached hydrogens (tertiary/aromatic N) is 1. The van der Waals surface area contributed by atoms with Crippen molar-refractivity contribution in [3.8, 4) is 0 Å². The largest absolute Gasteiger partial charge is 0.433 e. The lowest BCUT2D eigenvalue weighted by Gasteiger charge is -2.42. The Morgan fingerprint density at radius 1 is 1.21 bits per heavy atom. The maximum absolute atomic E-state index is 12.3. The van der Waals surface area contributed by atoms with E-state index < -0.39 is 17.9 Å². The van der Waals surface area contributed by atoms with Gasteiger partial charge >= 0.3 is 5.97 Å². The molecule has 0 spiro atoms. The first-order valence-electron chi connectivity index (χ1n) is 10.1. The number of ether oxygens (including phenoxy) is 2. The highest BCUT2D eigenvalue weighted by atomic mass is 32.2. The highest BCUT2D eigenvalue weighted by molar-refractivity contribution is 8.13. The van der Waals surface area contributed by atoms with Crippen molar-refractivity contribution in [1.82, 2.24) is 10.2 Å². The zero-order valence-corrected chi connectivity index (χ0v) is 17.2. The second kappa shape index (κ2) is 9.45. The van der Waals surface area contributed by atoms with Gasteiger partial charge in [-0.25, -0.2) is 0 Å². The van der Waals surface area contributed by atoms with Gasteiger partial charge in [-0.2, -0.15) is 0 Å². The normalized spacial score (nSPS) is 35.6. The summed E-state index contributed by atoms with van der Waals surface area (Å²) in [5.41, 5.74) is 0. The summed E-state index contributed by atoms with van der Waals surface area (Å²) in [5.74, 6) is -1.36. The van der Waals surface area contributed by atoms with Crippen molar-refractivity contribution in [1.29, 1.82) is 0 Å². The molecule has 4 atom stereocenters. The van der Waals surface area contributed by atoms with Gasteiger partial charge in [0.1, 0.15) is 0 Å². The van der Waals surface area contributed by atoms with Crippen molar-refractivity contribution in [3.05, 3.63) is 0 Å². The van der Waals surface area contributed by atoms with Crippen LogP contribution in [0.4, 0.5) is 4.79 Å². The van der Waals surface area contributed by atoms with Crippen molar-refractivity contribution < 1.29 is 29.0 Å². The number of carbonyl (C=O) groups is 3. The van der Waals surface area contributed by atoms with E-state index in [1.807, 2.05) is 4.90 Å². The Hall–Kier alpha value is -1.32. The lowest BCUT2D eigenvalue weighted by atomic mass is 9.91. The highest BCUT2D eigenvalue weighted by Gasteiger charge is 2.46. The summed E-state index contributed by atoms with van der Waals surface area (Å²) in [6.45, 7) is 2.89. The molecular formula is C19H30N2O6S. The van der Waals surface area contributed by atoms with E-state index in [9.17, 15) is 19.5 Å². The number of amides is 2. The molecule has 3 aliphatic rings. The van der Waals surface area contributed by atoms with Gasteiger partial charge in [0.15, 0.2) is 0 Å². The number of thioether (sulfide) groups is 1. The van der Waals surface area contributed by atoms with Gasteiger partial charge in [-0.05, 0) is 32.1 Å². The maximum Gasteiger partial charge on any atom is 0.308 e. The smallest absolute Gasteiger partial charge is 0.308 e. The van der Waals surface area contributed by atoms with Crippen LogP contribution >= 0.6 is 11.8 Å². The minimum Gasteiger partial charge on any atom is -0.433 e. The van der Waals surface area contributed by atoms with Crippen molar-refractivity contribution in [2.75, 3.05) is 18.8 Å². The Balaban J connectivity index is 1.68. The van der Waals surface area contributed by atoms with Gasteiger partial charge in [0, 0.05) is 45.0 Å². The fraction of sp³-hybridized carbons (Fsp3) is 0.842. The molecule has 0 saturated carbocycles. The molecule has 0 aliphatic carbocycles. The van der Waals surface area contributed by atoms with Crippen LogP contribution in [0.1, 0.15) is 58.3 Å². The summed E-state index contributed by atoms with van der Waals surface area (Å²) in [6.07, 6.45) is 3.71. The van der Waals surface area contributed by atoms with Gasteiger partial charge in [-0.1, -0.05) is 11.8 Å². The number of esters is 1. The molecule has 8 nitrogen and oxygen atoms in total. The molecule has 28 heavy (non-hydrogen) atoms. The molecule has 3 fully saturated rings. The van der Waals surface area contributed by atoms with E-state index in [4.69, 9.17) is 9.47 Å². The summed E-state index contributed by atoms with van der Waals surface area (Å²) in [4.78, 5) is 37.4. The van der Waals surface area contributed by atoms with Crippen LogP contribution in [0.25, 0.3) is 0 Å². The molecule has 2 amide bonds. The van der Waals surface area contributed by atoms with Gasteiger partial charge in [-0.15, -0.1) is 0 Å². The Kier molecular flexibility index (Phi) is 7.22. The first-order chi connectivity index (χ1) is 13.3.